The number of nitrogens with one attached hydrogen (secondary N) is 2. The number of carbonyl (C=O) groups is 2. The third-order valence-electron chi connectivity index (χ3n) is 6.13. The van der Waals surface area contributed by atoms with E-state index >= 15 is 0 Å². The third-order valence-corrected chi connectivity index (χ3v) is 7.17. The van der Waals surface area contributed by atoms with Gasteiger partial charge in [0, 0.05) is 30.4 Å². The highest BCUT2D eigenvalue weighted by Gasteiger charge is 2.23. The van der Waals surface area contributed by atoms with Crippen LogP contribution in [0.4, 0.5) is 5.82 Å². The molecular weight excluding hydrogens is 500 g/mol. The lowest BCUT2D eigenvalue weighted by atomic mass is 9.98. The minimum Gasteiger partial charge on any atom is -0.497 e. The van der Waals surface area contributed by atoms with E-state index in [-0.39, 0.29) is 12.3 Å². The number of pyridine rings is 1. The van der Waals surface area contributed by atoms with E-state index in [9.17, 15) is 14.7 Å². The van der Waals surface area contributed by atoms with Crippen LogP contribution < -0.4 is 15.4 Å². The number of aryl methyl sites for hydroxylation is 3. The first kappa shape index (κ1) is 26.8. The van der Waals surface area contributed by atoms with Crippen molar-refractivity contribution in [2.75, 3.05) is 12.4 Å². The minimum atomic E-state index is -1.07. The summed E-state index contributed by atoms with van der Waals surface area (Å²) in [5.74, 6) is -0.0142. The Balaban J connectivity index is 1.39. The van der Waals surface area contributed by atoms with E-state index in [2.05, 4.69) is 20.6 Å². The molecule has 0 radical (unpaired) electrons. The van der Waals surface area contributed by atoms with E-state index in [1.165, 1.54) is 0 Å². The summed E-state index contributed by atoms with van der Waals surface area (Å²) in [7, 11) is 1.61. The summed E-state index contributed by atoms with van der Waals surface area (Å²) in [4.78, 5) is 34.6. The maximum atomic E-state index is 12.9. The maximum Gasteiger partial charge on any atom is 0.326 e. The number of aliphatic carboxylic acids is 1. The van der Waals surface area contributed by atoms with Crippen LogP contribution in [0.3, 0.4) is 0 Å². The van der Waals surface area contributed by atoms with Crippen LogP contribution in [0.5, 0.6) is 5.75 Å². The number of rotatable bonds is 10. The van der Waals surface area contributed by atoms with Crippen molar-refractivity contribution in [3.05, 3.63) is 93.7 Å². The molecule has 3 N–H and O–H groups in total. The van der Waals surface area contributed by atoms with Crippen LogP contribution in [0.2, 0.25) is 0 Å². The van der Waals surface area contributed by atoms with Crippen LogP contribution in [0.15, 0.2) is 60.9 Å². The van der Waals surface area contributed by atoms with Gasteiger partial charge in [-0.25, -0.2) is 14.8 Å². The van der Waals surface area contributed by atoms with Crippen molar-refractivity contribution in [1.29, 1.82) is 0 Å². The van der Waals surface area contributed by atoms with Gasteiger partial charge in [-0.1, -0.05) is 42.0 Å². The molecule has 0 bridgehead atoms. The molecule has 0 aliphatic rings. The average molecular weight is 531 g/mol. The van der Waals surface area contributed by atoms with Gasteiger partial charge in [-0.15, -0.1) is 11.3 Å². The number of benzene rings is 2. The summed E-state index contributed by atoms with van der Waals surface area (Å²) in [6.07, 6.45) is 3.68. The number of thiazole rings is 1. The highest BCUT2D eigenvalue weighted by atomic mass is 32.1. The fourth-order valence-corrected chi connectivity index (χ4v) is 5.20. The van der Waals surface area contributed by atoms with E-state index in [1.54, 1.807) is 30.7 Å². The Bertz CT molecular complexity index is 1430. The van der Waals surface area contributed by atoms with Gasteiger partial charge in [-0.3, -0.25) is 4.79 Å². The normalized spacial score (nSPS) is 11.6. The molecule has 9 heteroatoms. The third kappa shape index (κ3) is 6.54. The van der Waals surface area contributed by atoms with Crippen molar-refractivity contribution in [1.82, 2.24) is 15.3 Å². The molecule has 1 atom stereocenters. The van der Waals surface area contributed by atoms with Crippen molar-refractivity contribution < 1.29 is 19.4 Å². The van der Waals surface area contributed by atoms with Crippen LogP contribution in [-0.2, 0) is 17.8 Å². The molecule has 0 saturated carbocycles. The maximum absolute atomic E-state index is 12.9. The Hall–Kier alpha value is -4.24. The van der Waals surface area contributed by atoms with Gasteiger partial charge in [-0.2, -0.15) is 0 Å². The molecule has 0 aliphatic carbocycles. The van der Waals surface area contributed by atoms with E-state index in [0.29, 0.717) is 17.9 Å². The van der Waals surface area contributed by atoms with Crippen LogP contribution in [0.1, 0.15) is 37.6 Å². The summed E-state index contributed by atoms with van der Waals surface area (Å²) in [5.41, 5.74) is 5.03. The van der Waals surface area contributed by atoms with E-state index < -0.39 is 12.0 Å². The Morgan fingerprint density at radius 1 is 1.03 bits per heavy atom. The topological polar surface area (TPSA) is 113 Å². The molecule has 0 saturated heterocycles. The molecule has 1 amide bonds. The lowest BCUT2D eigenvalue weighted by Gasteiger charge is -2.17. The number of hydrogen-bond acceptors (Lipinski definition) is 7. The molecular formula is C29H30N4O4S. The SMILES string of the molecule is COc1ccnc(NCc2ncc(-c3ccc(CC(NC(=O)c4c(C)cc(C)cc4C)C(=O)O)cc3)s2)c1. The Morgan fingerprint density at radius 2 is 1.74 bits per heavy atom. The van der Waals surface area contributed by atoms with Gasteiger partial charge in [0.05, 0.1) is 18.5 Å². The first-order chi connectivity index (χ1) is 18.2. The molecule has 4 rings (SSSR count). The minimum absolute atomic E-state index is 0.177. The number of carbonyl (C=O) groups excluding carboxylic acids is 1. The predicted molar refractivity (Wildman–Crippen MR) is 149 cm³/mol. The number of carboxylic acids is 1. The fourth-order valence-electron chi connectivity index (χ4n) is 4.34. The standard InChI is InChI=1S/C29H30N4O4S/c1-17-11-18(2)27(19(3)12-17)28(34)33-23(29(35)36)13-20-5-7-21(8-6-20)24-15-32-26(38-24)16-31-25-14-22(37-4)9-10-30-25/h5-12,14-15,23H,13,16H2,1-4H3,(H,30,31)(H,33,34)(H,35,36). The monoisotopic (exact) mass is 530 g/mol. The highest BCUT2D eigenvalue weighted by Crippen LogP contribution is 2.27. The van der Waals surface area contributed by atoms with E-state index in [1.807, 2.05) is 69.4 Å². The molecule has 2 aromatic heterocycles. The first-order valence-electron chi connectivity index (χ1n) is 12.1. The zero-order valence-electron chi connectivity index (χ0n) is 21.7. The molecule has 1 unspecified atom stereocenters. The lowest BCUT2D eigenvalue weighted by Crippen LogP contribution is -2.42. The number of amides is 1. The molecule has 0 spiro atoms. The Kier molecular flexibility index (Phi) is 8.38. The number of anilines is 1. The number of nitrogens with zero attached hydrogens (tertiary/aromatic N) is 2. The number of methoxy groups -OCH3 is 1. The molecule has 0 aliphatic heterocycles. The summed E-state index contributed by atoms with van der Waals surface area (Å²) in [6.45, 7) is 6.22. The second kappa shape index (κ2) is 11.9. The lowest BCUT2D eigenvalue weighted by molar-refractivity contribution is -0.139. The molecule has 196 valence electrons. The van der Waals surface area contributed by atoms with Gasteiger partial charge in [0.1, 0.15) is 22.6 Å². The number of carboxylic acid groups (broad SMARTS) is 1. The van der Waals surface area contributed by atoms with Crippen molar-refractivity contribution in [2.45, 2.75) is 39.8 Å². The molecule has 4 aromatic rings. The van der Waals surface area contributed by atoms with Crippen LogP contribution in [0, 0.1) is 20.8 Å². The second-order valence-corrected chi connectivity index (χ2v) is 10.2. The first-order valence-corrected chi connectivity index (χ1v) is 12.9. The second-order valence-electron chi connectivity index (χ2n) is 9.09. The van der Waals surface area contributed by atoms with Gasteiger partial charge in [0.2, 0.25) is 0 Å². The summed E-state index contributed by atoms with van der Waals surface area (Å²) < 4.78 is 5.22. The van der Waals surface area contributed by atoms with Crippen molar-refractivity contribution >= 4 is 29.0 Å². The molecule has 0 fully saturated rings. The fraction of sp³-hybridized carbons (Fsp3) is 0.241. The summed E-state index contributed by atoms with van der Waals surface area (Å²) >= 11 is 1.57. The van der Waals surface area contributed by atoms with E-state index in [0.717, 1.165) is 43.5 Å². The highest BCUT2D eigenvalue weighted by molar-refractivity contribution is 7.15. The number of hydrogen-bond donors (Lipinski definition) is 3. The predicted octanol–water partition coefficient (Wildman–Crippen LogP) is 5.18. The van der Waals surface area contributed by atoms with E-state index in [4.69, 9.17) is 4.74 Å². The summed E-state index contributed by atoms with van der Waals surface area (Å²) in [5, 5.41) is 16.6. The average Bonchev–Trinajstić information content (AvgIpc) is 3.36. The van der Waals surface area contributed by atoms with Crippen molar-refractivity contribution in [2.24, 2.45) is 0 Å². The number of ether oxygens (including phenoxy) is 1. The largest absolute Gasteiger partial charge is 0.497 e. The van der Waals surface area contributed by atoms with Crippen LogP contribution in [0.25, 0.3) is 10.4 Å². The quantitative estimate of drug-likeness (QED) is 0.259. The van der Waals surface area contributed by atoms with Gasteiger partial charge in [0.25, 0.3) is 5.91 Å². The van der Waals surface area contributed by atoms with Crippen LogP contribution in [-0.4, -0.2) is 40.1 Å². The zero-order chi connectivity index (χ0) is 27.2. The molecule has 8 nitrogen and oxygen atoms in total. The molecule has 2 aromatic carbocycles. The number of aromatic nitrogens is 2. The smallest absolute Gasteiger partial charge is 0.326 e. The summed E-state index contributed by atoms with van der Waals surface area (Å²) in [6, 6.07) is 14.1. The Morgan fingerprint density at radius 3 is 2.39 bits per heavy atom. The van der Waals surface area contributed by atoms with Crippen molar-refractivity contribution in [3.63, 3.8) is 0 Å². The van der Waals surface area contributed by atoms with Gasteiger partial charge < -0.3 is 20.5 Å². The van der Waals surface area contributed by atoms with Gasteiger partial charge in [-0.05, 0) is 49.1 Å². The van der Waals surface area contributed by atoms with Gasteiger partial charge >= 0.3 is 5.97 Å². The van der Waals surface area contributed by atoms with Crippen LogP contribution >= 0.6 is 11.3 Å². The molecule has 38 heavy (non-hydrogen) atoms. The Labute approximate surface area is 225 Å². The molecule has 2 heterocycles. The van der Waals surface area contributed by atoms with Crippen molar-refractivity contribution in [3.8, 4) is 16.2 Å². The van der Waals surface area contributed by atoms with Gasteiger partial charge in [0.15, 0.2) is 0 Å². The zero-order valence-corrected chi connectivity index (χ0v) is 22.6.